The third-order valence-electron chi connectivity index (χ3n) is 5.15. The van der Waals surface area contributed by atoms with Crippen LogP contribution in [0.5, 0.6) is 0 Å². The molecule has 0 spiro atoms. The lowest BCUT2D eigenvalue weighted by Gasteiger charge is -2.25. The Labute approximate surface area is 173 Å². The molecular formula is C20H17N2O5S2-. The van der Waals surface area contributed by atoms with Crippen LogP contribution in [-0.4, -0.2) is 30.7 Å². The van der Waals surface area contributed by atoms with Gasteiger partial charge in [-0.15, -0.1) is 11.3 Å². The number of hydrogen-bond donors (Lipinski definition) is 2. The van der Waals surface area contributed by atoms with Crippen molar-refractivity contribution < 1.29 is 23.5 Å². The first-order valence-corrected chi connectivity index (χ1v) is 10.8. The lowest BCUT2D eigenvalue weighted by molar-refractivity contribution is -0.145. The number of carbonyl (C=O) groups excluding carboxylic acids is 1. The normalized spacial score (nSPS) is 15.8. The van der Waals surface area contributed by atoms with Gasteiger partial charge in [-0.2, -0.15) is 0 Å². The van der Waals surface area contributed by atoms with E-state index < -0.39 is 22.5 Å². The zero-order valence-electron chi connectivity index (χ0n) is 15.2. The number of rotatable bonds is 6. The van der Waals surface area contributed by atoms with Crippen molar-refractivity contribution in [3.8, 4) is 0 Å². The number of para-hydroxylation sites is 1. The minimum atomic E-state index is -2.40. The Hall–Kier alpha value is -2.62. The highest BCUT2D eigenvalue weighted by Crippen LogP contribution is 2.40. The summed E-state index contributed by atoms with van der Waals surface area (Å²) in [6.45, 7) is 0.112. The summed E-state index contributed by atoms with van der Waals surface area (Å²) in [5.41, 5.74) is 1.33. The molecule has 0 saturated carbocycles. The number of carbonyl (C=O) groups is 2. The maximum absolute atomic E-state index is 13.0. The lowest BCUT2D eigenvalue weighted by Crippen LogP contribution is -2.43. The van der Waals surface area contributed by atoms with E-state index in [1.54, 1.807) is 12.1 Å². The van der Waals surface area contributed by atoms with Gasteiger partial charge < -0.3 is 15.0 Å². The first-order chi connectivity index (χ1) is 13.9. The molecule has 2 N–H and O–H groups in total. The molecular weight excluding hydrogens is 412 g/mol. The van der Waals surface area contributed by atoms with Crippen LogP contribution in [0.3, 0.4) is 0 Å². The summed E-state index contributed by atoms with van der Waals surface area (Å²) in [6.07, 6.45) is 0.494. The Morgan fingerprint density at radius 1 is 1.17 bits per heavy atom. The van der Waals surface area contributed by atoms with Gasteiger partial charge in [0.25, 0.3) is 0 Å². The summed E-state index contributed by atoms with van der Waals surface area (Å²) < 4.78 is 23.4. The molecule has 1 aliphatic carbocycles. The Bertz CT molecular complexity index is 1120. The van der Waals surface area contributed by atoms with Crippen molar-refractivity contribution in [3.63, 3.8) is 0 Å². The number of carboxylic acid groups (broad SMARTS) is 1. The average molecular weight is 429 g/mol. The quantitative estimate of drug-likeness (QED) is 0.581. The van der Waals surface area contributed by atoms with E-state index in [0.717, 1.165) is 11.1 Å². The van der Waals surface area contributed by atoms with Crippen LogP contribution in [0.15, 0.2) is 47.4 Å². The number of carboxylic acids is 1. The summed E-state index contributed by atoms with van der Waals surface area (Å²) in [7, 11) is 0. The van der Waals surface area contributed by atoms with Crippen LogP contribution in [0.25, 0.3) is 10.2 Å². The predicted molar refractivity (Wildman–Crippen MR) is 107 cm³/mol. The van der Waals surface area contributed by atoms with E-state index in [1.807, 2.05) is 24.3 Å². The number of thiazole rings is 1. The number of nitrogens with one attached hydrogen (secondary N) is 1. The van der Waals surface area contributed by atoms with Crippen molar-refractivity contribution in [3.05, 3.63) is 58.6 Å². The molecule has 1 unspecified atom stereocenters. The van der Waals surface area contributed by atoms with Crippen LogP contribution in [0, 0.1) is 5.41 Å². The fourth-order valence-electron chi connectivity index (χ4n) is 3.87. The smallest absolute Gasteiger partial charge is 0.304 e. The van der Waals surface area contributed by atoms with Gasteiger partial charge in [-0.1, -0.05) is 30.3 Å². The number of aromatic nitrogens is 1. The Morgan fingerprint density at radius 3 is 2.48 bits per heavy atom. The topological polar surface area (TPSA) is 119 Å². The fraction of sp³-hybridized carbons (Fsp3) is 0.250. The molecule has 1 amide bonds. The molecule has 7 nitrogen and oxygen atoms in total. The van der Waals surface area contributed by atoms with Gasteiger partial charge in [0.05, 0.1) is 33.5 Å². The van der Waals surface area contributed by atoms with Gasteiger partial charge in [0.1, 0.15) is 5.01 Å². The number of hydrogen-bond acceptors (Lipinski definition) is 6. The van der Waals surface area contributed by atoms with Crippen LogP contribution >= 0.6 is 11.3 Å². The molecule has 1 aliphatic rings. The Kier molecular flexibility index (Phi) is 5.20. The van der Waals surface area contributed by atoms with Gasteiger partial charge in [0, 0.05) is 0 Å². The fourth-order valence-corrected chi connectivity index (χ4v) is 5.37. The third-order valence-corrected chi connectivity index (χ3v) is 6.86. The molecule has 4 rings (SSSR count). The standard InChI is InChI=1S/C20H18N2O5S2/c23-17(24)10-20(8-12-4-1-2-5-13(12)9-20)19(25)21-11-16-22-18-14(28-16)6-3-7-15(18)29(26)27/h1-7H,8-11H2,(H,21,25)(H,23,24)(H,26,27)/p-1. The van der Waals surface area contributed by atoms with E-state index >= 15 is 0 Å². The van der Waals surface area contributed by atoms with Crippen molar-refractivity contribution in [1.82, 2.24) is 10.3 Å². The van der Waals surface area contributed by atoms with Gasteiger partial charge in [-0.05, 0) is 47.2 Å². The molecule has 1 aromatic heterocycles. The highest BCUT2D eigenvalue weighted by atomic mass is 32.2. The SMILES string of the molecule is O=C(O)CC1(C(=O)NCc2nc3c(S(=O)[O-])cccc3s2)Cc2ccccc2C1. The number of benzene rings is 2. The Morgan fingerprint density at radius 2 is 1.86 bits per heavy atom. The van der Waals surface area contributed by atoms with Crippen LogP contribution < -0.4 is 5.32 Å². The van der Waals surface area contributed by atoms with Gasteiger partial charge in [0.15, 0.2) is 0 Å². The van der Waals surface area contributed by atoms with Crippen molar-refractivity contribution in [2.45, 2.75) is 30.7 Å². The first kappa shape index (κ1) is 19.7. The van der Waals surface area contributed by atoms with Gasteiger partial charge in [0.2, 0.25) is 5.91 Å². The van der Waals surface area contributed by atoms with Crippen molar-refractivity contribution in [2.75, 3.05) is 0 Å². The second-order valence-electron chi connectivity index (χ2n) is 7.10. The molecule has 9 heteroatoms. The molecule has 1 heterocycles. The number of nitrogens with zero attached hydrogens (tertiary/aromatic N) is 1. The molecule has 0 aliphatic heterocycles. The number of aliphatic carboxylic acids is 1. The minimum Gasteiger partial charge on any atom is -0.768 e. The molecule has 150 valence electrons. The summed E-state index contributed by atoms with van der Waals surface area (Å²) in [4.78, 5) is 29.0. The molecule has 3 aromatic rings. The molecule has 29 heavy (non-hydrogen) atoms. The van der Waals surface area contributed by atoms with Crippen molar-refractivity contribution in [1.29, 1.82) is 0 Å². The second kappa shape index (κ2) is 7.66. The van der Waals surface area contributed by atoms with E-state index in [-0.39, 0.29) is 23.8 Å². The maximum Gasteiger partial charge on any atom is 0.304 e. The first-order valence-electron chi connectivity index (χ1n) is 8.92. The van der Waals surface area contributed by atoms with Gasteiger partial charge >= 0.3 is 5.97 Å². The summed E-state index contributed by atoms with van der Waals surface area (Å²) in [6, 6.07) is 12.5. The van der Waals surface area contributed by atoms with Crippen LogP contribution in [0.1, 0.15) is 22.6 Å². The van der Waals surface area contributed by atoms with E-state index in [9.17, 15) is 23.5 Å². The summed E-state index contributed by atoms with van der Waals surface area (Å²) in [5, 5.41) is 12.8. The molecule has 1 atom stereocenters. The highest BCUT2D eigenvalue weighted by Gasteiger charge is 2.45. The summed E-state index contributed by atoms with van der Waals surface area (Å²) >= 11 is -1.10. The van der Waals surface area contributed by atoms with Gasteiger partial charge in [-0.3, -0.25) is 13.8 Å². The molecule has 0 radical (unpaired) electrons. The number of amides is 1. The predicted octanol–water partition coefficient (Wildman–Crippen LogP) is 2.41. The van der Waals surface area contributed by atoms with Gasteiger partial charge in [-0.25, -0.2) is 4.98 Å². The summed E-state index contributed by atoms with van der Waals surface area (Å²) in [5.74, 6) is -1.35. The van der Waals surface area contributed by atoms with Crippen molar-refractivity contribution in [2.24, 2.45) is 5.41 Å². The minimum absolute atomic E-state index is 0.112. The molecule has 0 fully saturated rings. The zero-order valence-corrected chi connectivity index (χ0v) is 16.8. The third kappa shape index (κ3) is 3.81. The molecule has 0 bridgehead atoms. The average Bonchev–Trinajstić information content (AvgIpc) is 3.26. The highest BCUT2D eigenvalue weighted by molar-refractivity contribution is 7.79. The zero-order chi connectivity index (χ0) is 20.6. The largest absolute Gasteiger partial charge is 0.768 e. The van der Waals surface area contributed by atoms with Crippen LogP contribution in [0.4, 0.5) is 0 Å². The lowest BCUT2D eigenvalue weighted by atomic mass is 9.80. The maximum atomic E-state index is 13.0. The monoisotopic (exact) mass is 429 g/mol. The molecule has 0 saturated heterocycles. The van der Waals surface area contributed by atoms with E-state index in [0.29, 0.717) is 28.1 Å². The number of fused-ring (bicyclic) bond motifs is 2. The van der Waals surface area contributed by atoms with Crippen LogP contribution in [-0.2, 0) is 40.1 Å². The Balaban J connectivity index is 1.55. The second-order valence-corrected chi connectivity index (χ2v) is 9.13. The van der Waals surface area contributed by atoms with E-state index in [4.69, 9.17) is 0 Å². The van der Waals surface area contributed by atoms with Crippen molar-refractivity contribution >= 4 is 44.5 Å². The van der Waals surface area contributed by atoms with E-state index in [1.165, 1.54) is 17.4 Å². The molecule has 2 aromatic carbocycles. The van der Waals surface area contributed by atoms with Crippen LogP contribution in [0.2, 0.25) is 0 Å². The van der Waals surface area contributed by atoms with E-state index in [2.05, 4.69) is 10.3 Å².